The molecule has 3 nitrogen and oxygen atoms in total. The first-order chi connectivity index (χ1) is 8.40. The smallest absolute Gasteiger partial charge is 0.113 e. The molecule has 0 amide bonds. The Morgan fingerprint density at radius 3 is 2.65 bits per heavy atom. The number of benzene rings is 2. The largest absolute Gasteiger partial charge is 0.212 e. The molecule has 0 aliphatic rings. The van der Waals surface area contributed by atoms with E-state index in [0.29, 0.717) is 10.6 Å². The van der Waals surface area contributed by atoms with Gasteiger partial charge in [-0.1, -0.05) is 29.5 Å². The van der Waals surface area contributed by atoms with Gasteiger partial charge in [0.2, 0.25) is 0 Å². The Balaban J connectivity index is 2.27. The van der Waals surface area contributed by atoms with Gasteiger partial charge in [0.1, 0.15) is 5.52 Å². The van der Waals surface area contributed by atoms with Crippen molar-refractivity contribution >= 4 is 23.2 Å². The fraction of sp³-hybridized carbons (Fsp3) is 0. The lowest BCUT2D eigenvalue weighted by molar-refractivity contribution is 0.808. The van der Waals surface area contributed by atoms with E-state index in [4.69, 9.17) is 0 Å². The Kier molecular flexibility index (Phi) is 2.53. The molecule has 0 saturated heterocycles. The maximum absolute atomic E-state index is 12.8. The van der Waals surface area contributed by atoms with Crippen molar-refractivity contribution in [2.75, 3.05) is 0 Å². The van der Waals surface area contributed by atoms with Gasteiger partial charge in [-0.15, -0.1) is 5.10 Å². The summed E-state index contributed by atoms with van der Waals surface area (Å²) < 4.78 is 14.5. The summed E-state index contributed by atoms with van der Waals surface area (Å²) >= 11 is 0.214. The molecule has 2 aromatic carbocycles. The highest BCUT2D eigenvalue weighted by Crippen LogP contribution is 2.27. The van der Waals surface area contributed by atoms with Crippen LogP contribution in [0, 0.1) is 0 Å². The highest BCUT2D eigenvalue weighted by Gasteiger charge is 2.09. The number of fused-ring (bicyclic) bond motifs is 1. The van der Waals surface area contributed by atoms with Gasteiger partial charge in [0.25, 0.3) is 0 Å². The molecule has 0 fully saturated rings. The normalized spacial score (nSPS) is 10.9. The molecule has 84 valence electrons. The minimum atomic E-state index is 0.214. The minimum Gasteiger partial charge on any atom is -0.212 e. The highest BCUT2D eigenvalue weighted by molar-refractivity contribution is 7.94. The van der Waals surface area contributed by atoms with Crippen molar-refractivity contribution in [3.8, 4) is 5.69 Å². The third-order valence-corrected chi connectivity index (χ3v) is 3.04. The molecule has 5 heteroatoms. The number of hydrogen-bond acceptors (Lipinski definition) is 3. The van der Waals surface area contributed by atoms with Gasteiger partial charge >= 0.3 is 0 Å². The van der Waals surface area contributed by atoms with E-state index in [2.05, 4.69) is 10.3 Å². The summed E-state index contributed by atoms with van der Waals surface area (Å²) in [6, 6.07) is 14.8. The van der Waals surface area contributed by atoms with Crippen LogP contribution in [0.5, 0.6) is 0 Å². The van der Waals surface area contributed by atoms with Crippen LogP contribution in [-0.4, -0.2) is 15.0 Å². The van der Waals surface area contributed by atoms with E-state index in [-0.39, 0.29) is 12.1 Å². The second kappa shape index (κ2) is 4.18. The number of nitrogens with zero attached hydrogens (tertiary/aromatic N) is 3. The van der Waals surface area contributed by atoms with E-state index in [1.54, 1.807) is 16.8 Å². The van der Waals surface area contributed by atoms with Crippen molar-refractivity contribution in [2.24, 2.45) is 0 Å². The standard InChI is InChI=1S/C12H8FN3S/c13-17-12-8-4-3-7-11(12)16-10-6-2-1-5-9(10)14-15-16/h1-8H. The molecule has 0 aliphatic heterocycles. The molecule has 3 aromatic rings. The SMILES string of the molecule is FSc1ccccc1-n1nnc2ccccc21. The van der Waals surface area contributed by atoms with E-state index in [0.717, 1.165) is 11.0 Å². The summed E-state index contributed by atoms with van der Waals surface area (Å²) in [6.45, 7) is 0. The molecule has 0 saturated carbocycles. The van der Waals surface area contributed by atoms with Gasteiger partial charge in [-0.3, -0.25) is 0 Å². The number of aromatic nitrogens is 3. The molecular weight excluding hydrogens is 237 g/mol. The predicted octanol–water partition coefficient (Wildman–Crippen LogP) is 3.40. The molecule has 0 aliphatic carbocycles. The third kappa shape index (κ3) is 1.68. The number of halogens is 1. The second-order valence-corrected chi connectivity index (χ2v) is 4.13. The second-order valence-electron chi connectivity index (χ2n) is 3.53. The molecule has 0 radical (unpaired) electrons. The summed E-state index contributed by atoms with van der Waals surface area (Å²) in [5.41, 5.74) is 2.37. The quantitative estimate of drug-likeness (QED) is 0.693. The first-order valence-corrected chi connectivity index (χ1v) is 5.80. The summed E-state index contributed by atoms with van der Waals surface area (Å²) in [5.74, 6) is 0. The van der Waals surface area contributed by atoms with E-state index in [1.165, 1.54) is 0 Å². The molecule has 0 bridgehead atoms. The Morgan fingerprint density at radius 1 is 1.00 bits per heavy atom. The maximum Gasteiger partial charge on any atom is 0.113 e. The molecule has 1 aromatic heterocycles. The average molecular weight is 245 g/mol. The zero-order valence-corrected chi connectivity index (χ0v) is 9.56. The molecule has 3 rings (SSSR count). The van der Waals surface area contributed by atoms with Crippen LogP contribution in [0.1, 0.15) is 0 Å². The van der Waals surface area contributed by atoms with Crippen LogP contribution in [0.4, 0.5) is 3.89 Å². The zero-order chi connectivity index (χ0) is 11.7. The van der Waals surface area contributed by atoms with Crippen LogP contribution in [0.25, 0.3) is 16.7 Å². The summed E-state index contributed by atoms with van der Waals surface area (Å²) in [4.78, 5) is 0.531. The van der Waals surface area contributed by atoms with Gasteiger partial charge in [-0.05, 0) is 24.3 Å². The topological polar surface area (TPSA) is 30.7 Å². The van der Waals surface area contributed by atoms with Gasteiger partial charge in [-0.25, -0.2) is 4.68 Å². The molecular formula is C12H8FN3S. The van der Waals surface area contributed by atoms with Crippen molar-refractivity contribution in [2.45, 2.75) is 4.90 Å². The Bertz CT molecular complexity index is 665. The third-order valence-electron chi connectivity index (χ3n) is 2.53. The van der Waals surface area contributed by atoms with Crippen molar-refractivity contribution in [3.63, 3.8) is 0 Å². The van der Waals surface area contributed by atoms with Crippen molar-refractivity contribution in [1.82, 2.24) is 15.0 Å². The molecule has 17 heavy (non-hydrogen) atoms. The number of hydrogen-bond donors (Lipinski definition) is 0. The number of para-hydroxylation sites is 2. The lowest BCUT2D eigenvalue weighted by atomic mass is 10.3. The van der Waals surface area contributed by atoms with E-state index in [9.17, 15) is 3.89 Å². The van der Waals surface area contributed by atoms with E-state index in [1.807, 2.05) is 36.4 Å². The van der Waals surface area contributed by atoms with Crippen LogP contribution in [-0.2, 0) is 0 Å². The van der Waals surface area contributed by atoms with Gasteiger partial charge in [0.05, 0.1) is 28.2 Å². The fourth-order valence-corrected chi connectivity index (χ4v) is 2.11. The molecule has 0 atom stereocenters. The molecule has 1 heterocycles. The van der Waals surface area contributed by atoms with Crippen molar-refractivity contribution < 1.29 is 3.89 Å². The fourth-order valence-electron chi connectivity index (χ4n) is 1.74. The summed E-state index contributed by atoms with van der Waals surface area (Å²) in [7, 11) is 0. The van der Waals surface area contributed by atoms with E-state index < -0.39 is 0 Å². The first kappa shape index (κ1) is 10.3. The molecule has 0 unspecified atom stereocenters. The lowest BCUT2D eigenvalue weighted by Crippen LogP contribution is -1.97. The average Bonchev–Trinajstić information content (AvgIpc) is 2.82. The van der Waals surface area contributed by atoms with Gasteiger partial charge < -0.3 is 0 Å². The minimum absolute atomic E-state index is 0.214. The van der Waals surface area contributed by atoms with Gasteiger partial charge in [0.15, 0.2) is 0 Å². The monoisotopic (exact) mass is 245 g/mol. The zero-order valence-electron chi connectivity index (χ0n) is 8.75. The lowest BCUT2D eigenvalue weighted by Gasteiger charge is -2.05. The summed E-state index contributed by atoms with van der Waals surface area (Å²) in [5, 5.41) is 8.11. The maximum atomic E-state index is 12.8. The van der Waals surface area contributed by atoms with Crippen LogP contribution < -0.4 is 0 Å². The first-order valence-electron chi connectivity index (χ1n) is 5.08. The van der Waals surface area contributed by atoms with Crippen molar-refractivity contribution in [3.05, 3.63) is 48.5 Å². The Labute approximate surface area is 102 Å². The Morgan fingerprint density at radius 2 is 1.76 bits per heavy atom. The van der Waals surface area contributed by atoms with Crippen LogP contribution >= 0.6 is 12.1 Å². The van der Waals surface area contributed by atoms with E-state index >= 15 is 0 Å². The van der Waals surface area contributed by atoms with Gasteiger partial charge in [-0.2, -0.15) is 3.89 Å². The summed E-state index contributed by atoms with van der Waals surface area (Å²) in [6.07, 6.45) is 0. The van der Waals surface area contributed by atoms with Crippen LogP contribution in [0.2, 0.25) is 0 Å². The highest BCUT2D eigenvalue weighted by atomic mass is 32.2. The number of rotatable bonds is 2. The molecule has 0 N–H and O–H groups in total. The van der Waals surface area contributed by atoms with Gasteiger partial charge in [0, 0.05) is 0 Å². The van der Waals surface area contributed by atoms with Crippen LogP contribution in [0.3, 0.4) is 0 Å². The Hall–Kier alpha value is -1.88. The predicted molar refractivity (Wildman–Crippen MR) is 65.8 cm³/mol. The molecule has 0 spiro atoms. The van der Waals surface area contributed by atoms with Crippen molar-refractivity contribution in [1.29, 1.82) is 0 Å². The van der Waals surface area contributed by atoms with Crippen LogP contribution in [0.15, 0.2) is 53.4 Å².